The standard InChI is InChI=1S/C6H7NO4/c1-3-7(5(8)9)6(10)11-4-2/h2H,3H2,1H3,(H,8,9). The predicted octanol–water partition coefficient (Wildman–Crippen LogP) is 0.714. The van der Waals surface area contributed by atoms with Crippen LogP contribution in [0.2, 0.25) is 0 Å². The maximum atomic E-state index is 10.6. The van der Waals surface area contributed by atoms with E-state index in [4.69, 9.17) is 5.11 Å². The summed E-state index contributed by atoms with van der Waals surface area (Å²) >= 11 is 0. The van der Waals surface area contributed by atoms with Crippen molar-refractivity contribution in [3.63, 3.8) is 0 Å². The molecule has 0 aliphatic carbocycles. The van der Waals surface area contributed by atoms with E-state index in [9.17, 15) is 9.59 Å². The Bertz CT molecular complexity index is 205. The number of rotatable bonds is 1. The molecule has 0 aromatic rings. The van der Waals surface area contributed by atoms with Crippen LogP contribution in [0.15, 0.2) is 0 Å². The van der Waals surface area contributed by atoms with E-state index in [0.29, 0.717) is 4.90 Å². The molecule has 0 aliphatic rings. The molecule has 1 N–H and O–H groups in total. The molecular formula is C6H7NO4. The quantitative estimate of drug-likeness (QED) is 0.569. The summed E-state index contributed by atoms with van der Waals surface area (Å²) in [5, 5.41) is 8.33. The van der Waals surface area contributed by atoms with E-state index in [2.05, 4.69) is 11.2 Å². The first-order valence-corrected chi connectivity index (χ1v) is 2.80. The molecule has 5 nitrogen and oxygen atoms in total. The lowest BCUT2D eigenvalue weighted by atomic mass is 10.6. The summed E-state index contributed by atoms with van der Waals surface area (Å²) in [4.78, 5) is 21.3. The summed E-state index contributed by atoms with van der Waals surface area (Å²) < 4.78 is 3.99. The highest BCUT2D eigenvalue weighted by Gasteiger charge is 2.19. The number of nitrogens with zero attached hydrogens (tertiary/aromatic N) is 1. The lowest BCUT2D eigenvalue weighted by molar-refractivity contribution is 0.124. The number of amides is 2. The zero-order chi connectivity index (χ0) is 8.85. The normalized spacial score (nSPS) is 8.00. The Kier molecular flexibility index (Phi) is 3.52. The van der Waals surface area contributed by atoms with Crippen molar-refractivity contribution in [2.45, 2.75) is 6.92 Å². The topological polar surface area (TPSA) is 66.8 Å². The van der Waals surface area contributed by atoms with Crippen molar-refractivity contribution >= 4 is 12.2 Å². The number of hydrogen-bond acceptors (Lipinski definition) is 3. The van der Waals surface area contributed by atoms with Gasteiger partial charge in [-0.25, -0.2) is 14.5 Å². The smallest absolute Gasteiger partial charge is 0.433 e. The van der Waals surface area contributed by atoms with Gasteiger partial charge in [-0.2, -0.15) is 0 Å². The Labute approximate surface area is 63.6 Å². The van der Waals surface area contributed by atoms with E-state index in [-0.39, 0.29) is 6.54 Å². The van der Waals surface area contributed by atoms with E-state index in [1.54, 1.807) is 6.11 Å². The molecule has 60 valence electrons. The van der Waals surface area contributed by atoms with Gasteiger partial charge in [0.2, 0.25) is 0 Å². The molecule has 0 heterocycles. The molecule has 0 unspecified atom stereocenters. The van der Waals surface area contributed by atoms with Gasteiger partial charge in [-0.15, -0.1) is 0 Å². The minimum atomic E-state index is -1.38. The van der Waals surface area contributed by atoms with E-state index in [1.165, 1.54) is 6.92 Å². The third-order valence-corrected chi connectivity index (χ3v) is 0.914. The molecule has 0 fully saturated rings. The van der Waals surface area contributed by atoms with Crippen LogP contribution in [0.1, 0.15) is 6.92 Å². The van der Waals surface area contributed by atoms with Crippen molar-refractivity contribution < 1.29 is 19.4 Å². The Morgan fingerprint density at radius 1 is 1.73 bits per heavy atom. The number of carbonyl (C=O) groups is 2. The van der Waals surface area contributed by atoms with Crippen LogP contribution in [0.5, 0.6) is 0 Å². The first-order valence-electron chi connectivity index (χ1n) is 2.80. The average Bonchev–Trinajstić information content (AvgIpc) is 1.88. The van der Waals surface area contributed by atoms with Crippen LogP contribution in [0.4, 0.5) is 9.59 Å². The summed E-state index contributed by atoms with van der Waals surface area (Å²) in [5.41, 5.74) is 0. The molecule has 11 heavy (non-hydrogen) atoms. The SMILES string of the molecule is C#COC(=O)N(CC)C(=O)O. The van der Waals surface area contributed by atoms with Crippen molar-refractivity contribution in [1.82, 2.24) is 4.90 Å². The summed E-state index contributed by atoms with van der Waals surface area (Å²) in [6, 6.07) is 0. The molecule has 5 heteroatoms. The predicted molar refractivity (Wildman–Crippen MR) is 35.7 cm³/mol. The summed E-state index contributed by atoms with van der Waals surface area (Å²) in [7, 11) is 0. The number of imide groups is 1. The van der Waals surface area contributed by atoms with E-state index in [1.807, 2.05) is 0 Å². The fourth-order valence-corrected chi connectivity index (χ4v) is 0.448. The first-order chi connectivity index (χ1) is 5.13. The number of carboxylic acid groups (broad SMARTS) is 1. The van der Waals surface area contributed by atoms with Gasteiger partial charge in [-0.1, -0.05) is 6.42 Å². The minimum absolute atomic E-state index is 0.00977. The van der Waals surface area contributed by atoms with Gasteiger partial charge in [-0.05, 0) is 6.92 Å². The second-order valence-electron chi connectivity index (χ2n) is 1.51. The van der Waals surface area contributed by atoms with Crippen molar-refractivity contribution in [3.8, 4) is 12.5 Å². The molecule has 0 rings (SSSR count). The molecule has 2 amide bonds. The Morgan fingerprint density at radius 2 is 2.27 bits per heavy atom. The van der Waals surface area contributed by atoms with Crippen LogP contribution in [0.25, 0.3) is 0 Å². The van der Waals surface area contributed by atoms with Gasteiger partial charge in [0.05, 0.1) is 0 Å². The maximum absolute atomic E-state index is 10.6. The lowest BCUT2D eigenvalue weighted by Crippen LogP contribution is -2.35. The van der Waals surface area contributed by atoms with Gasteiger partial charge in [-0.3, -0.25) is 0 Å². The second-order valence-corrected chi connectivity index (χ2v) is 1.51. The van der Waals surface area contributed by atoms with Gasteiger partial charge in [0, 0.05) is 6.54 Å². The molecule has 0 aliphatic heterocycles. The summed E-state index contributed by atoms with van der Waals surface area (Å²) in [6.45, 7) is 1.50. The highest BCUT2D eigenvalue weighted by atomic mass is 16.6. The molecule has 0 aromatic carbocycles. The first kappa shape index (κ1) is 9.30. The van der Waals surface area contributed by atoms with Crippen molar-refractivity contribution in [2.24, 2.45) is 0 Å². The highest BCUT2D eigenvalue weighted by Crippen LogP contribution is 1.92. The molecule has 0 bridgehead atoms. The highest BCUT2D eigenvalue weighted by molar-refractivity contribution is 5.86. The number of carbonyl (C=O) groups excluding carboxylic acids is 1. The van der Waals surface area contributed by atoms with Crippen LogP contribution in [0, 0.1) is 12.5 Å². The van der Waals surface area contributed by atoms with Crippen LogP contribution < -0.4 is 0 Å². The molecule has 0 saturated heterocycles. The molecule has 0 aromatic heterocycles. The molecule has 0 atom stereocenters. The number of ether oxygens (including phenoxy) is 1. The van der Waals surface area contributed by atoms with Gasteiger partial charge in [0.15, 0.2) is 0 Å². The van der Waals surface area contributed by atoms with Gasteiger partial charge in [0.25, 0.3) is 0 Å². The monoisotopic (exact) mass is 157 g/mol. The van der Waals surface area contributed by atoms with Crippen molar-refractivity contribution in [1.29, 1.82) is 0 Å². The van der Waals surface area contributed by atoms with Crippen LogP contribution >= 0.6 is 0 Å². The molecule has 0 saturated carbocycles. The van der Waals surface area contributed by atoms with Gasteiger partial charge >= 0.3 is 12.2 Å². The van der Waals surface area contributed by atoms with E-state index >= 15 is 0 Å². The third kappa shape index (κ3) is 2.58. The molecular weight excluding hydrogens is 150 g/mol. The molecule has 0 radical (unpaired) electrons. The number of hydrogen-bond donors (Lipinski definition) is 1. The third-order valence-electron chi connectivity index (χ3n) is 0.914. The van der Waals surface area contributed by atoms with Gasteiger partial charge < -0.3 is 9.84 Å². The van der Waals surface area contributed by atoms with Gasteiger partial charge in [0.1, 0.15) is 6.11 Å². The Balaban J connectivity index is 4.17. The maximum Gasteiger partial charge on any atom is 0.433 e. The zero-order valence-corrected chi connectivity index (χ0v) is 5.90. The lowest BCUT2D eigenvalue weighted by Gasteiger charge is -2.10. The van der Waals surface area contributed by atoms with E-state index < -0.39 is 12.2 Å². The zero-order valence-electron chi connectivity index (χ0n) is 5.90. The molecule has 0 spiro atoms. The van der Waals surface area contributed by atoms with Crippen LogP contribution in [-0.2, 0) is 4.74 Å². The van der Waals surface area contributed by atoms with Crippen LogP contribution in [-0.4, -0.2) is 28.7 Å². The second kappa shape index (κ2) is 4.17. The summed E-state index contributed by atoms with van der Waals surface area (Å²) in [5.74, 6) is 0. The fraction of sp³-hybridized carbons (Fsp3) is 0.333. The number of terminal acetylenes is 1. The fourth-order valence-electron chi connectivity index (χ4n) is 0.448. The Hall–Kier alpha value is -1.70. The minimum Gasteiger partial charge on any atom is -0.465 e. The van der Waals surface area contributed by atoms with E-state index in [0.717, 1.165) is 0 Å². The van der Waals surface area contributed by atoms with Crippen molar-refractivity contribution in [3.05, 3.63) is 0 Å². The largest absolute Gasteiger partial charge is 0.465 e. The van der Waals surface area contributed by atoms with Crippen LogP contribution in [0.3, 0.4) is 0 Å². The Morgan fingerprint density at radius 3 is 2.55 bits per heavy atom. The summed E-state index contributed by atoms with van der Waals surface area (Å²) in [6.07, 6.45) is 3.76. The average molecular weight is 157 g/mol. The van der Waals surface area contributed by atoms with Crippen molar-refractivity contribution in [2.75, 3.05) is 6.54 Å².